The van der Waals surface area contributed by atoms with Crippen LogP contribution in [0, 0.1) is 0 Å². The van der Waals surface area contributed by atoms with Crippen molar-refractivity contribution in [2.24, 2.45) is 0 Å². The lowest BCUT2D eigenvalue weighted by Crippen LogP contribution is -2.26. The number of aliphatic hydroxyl groups is 1. The van der Waals surface area contributed by atoms with Gasteiger partial charge in [0.2, 0.25) is 0 Å². The summed E-state index contributed by atoms with van der Waals surface area (Å²) in [6.45, 7) is -0.238. The Hall–Kier alpha value is -1.62. The van der Waals surface area contributed by atoms with Crippen molar-refractivity contribution >= 4 is 24.6 Å². The number of nitrogen functional groups attached to an aromatic ring is 1. The maximum Gasteiger partial charge on any atom is 0.353 e. The summed E-state index contributed by atoms with van der Waals surface area (Å²) in [5.41, 5.74) is 6.66. The maximum absolute atomic E-state index is 11.6. The number of rotatable bonds is 6. The molecule has 1 aliphatic rings. The van der Waals surface area contributed by atoms with Crippen LogP contribution in [0.3, 0.4) is 0 Å². The third-order valence-electron chi connectivity index (χ3n) is 3.63. The fourth-order valence-corrected chi connectivity index (χ4v) is 3.29. The van der Waals surface area contributed by atoms with Crippen molar-refractivity contribution in [3.63, 3.8) is 0 Å². The van der Waals surface area contributed by atoms with Gasteiger partial charge in [0, 0.05) is 13.5 Å². The Morgan fingerprint density at radius 1 is 1.50 bits per heavy atom. The lowest BCUT2D eigenvalue weighted by Gasteiger charge is -2.18. The Balaban J connectivity index is 1.71. The van der Waals surface area contributed by atoms with Gasteiger partial charge < -0.3 is 29.7 Å². The maximum atomic E-state index is 11.6. The zero-order valence-corrected chi connectivity index (χ0v) is 13.7. The van der Waals surface area contributed by atoms with Gasteiger partial charge in [-0.1, -0.05) is 0 Å². The lowest BCUT2D eigenvalue weighted by atomic mass is 10.2. The summed E-state index contributed by atoms with van der Waals surface area (Å²) in [5.74, 6) is 0.248. The Morgan fingerprint density at radius 2 is 2.29 bits per heavy atom. The quantitative estimate of drug-likeness (QED) is 0.594. The average molecular weight is 359 g/mol. The molecule has 12 heteroatoms. The monoisotopic (exact) mass is 359 g/mol. The highest BCUT2D eigenvalue weighted by Crippen LogP contribution is 2.43. The molecule has 1 fully saturated rings. The molecule has 0 radical (unpaired) electrons. The summed E-state index contributed by atoms with van der Waals surface area (Å²) in [6, 6.07) is 0. The van der Waals surface area contributed by atoms with Crippen LogP contribution in [0.5, 0.6) is 0 Å². The molecule has 132 valence electrons. The minimum absolute atomic E-state index is 0.238. The SMILES string of the molecule is COCP(=O)(O)OC[C@H]1O[C@@H](n2cnc3c(N)ncnc32)C[C@@H]1O. The van der Waals surface area contributed by atoms with Crippen LogP contribution < -0.4 is 5.73 Å². The minimum atomic E-state index is -3.87. The molecule has 1 saturated heterocycles. The van der Waals surface area contributed by atoms with E-state index in [9.17, 15) is 14.6 Å². The molecule has 2 aromatic rings. The number of ether oxygens (including phenoxy) is 2. The fraction of sp³-hybridized carbons (Fsp3) is 0.583. The normalized spacial score (nSPS) is 26.7. The minimum Gasteiger partial charge on any atom is -0.390 e. The van der Waals surface area contributed by atoms with Crippen LogP contribution in [0.2, 0.25) is 0 Å². The second kappa shape index (κ2) is 6.71. The van der Waals surface area contributed by atoms with Gasteiger partial charge in [-0.15, -0.1) is 0 Å². The number of nitrogens with zero attached hydrogens (tertiary/aromatic N) is 4. The van der Waals surface area contributed by atoms with Crippen LogP contribution >= 0.6 is 7.60 Å². The van der Waals surface area contributed by atoms with Crippen molar-refractivity contribution in [3.05, 3.63) is 12.7 Å². The van der Waals surface area contributed by atoms with E-state index in [0.29, 0.717) is 11.2 Å². The molecule has 24 heavy (non-hydrogen) atoms. The van der Waals surface area contributed by atoms with Crippen molar-refractivity contribution in [3.8, 4) is 0 Å². The molecule has 4 N–H and O–H groups in total. The summed E-state index contributed by atoms with van der Waals surface area (Å²) in [5, 5.41) is 10.1. The molecule has 4 atom stereocenters. The summed E-state index contributed by atoms with van der Waals surface area (Å²) in [6.07, 6.45) is 0.462. The molecule has 0 spiro atoms. The van der Waals surface area contributed by atoms with Gasteiger partial charge in [-0.05, 0) is 0 Å². The molecule has 0 aromatic carbocycles. The van der Waals surface area contributed by atoms with Crippen molar-refractivity contribution in [1.82, 2.24) is 19.5 Å². The zero-order chi connectivity index (χ0) is 17.3. The first-order valence-corrected chi connectivity index (χ1v) is 8.89. The molecule has 0 amide bonds. The van der Waals surface area contributed by atoms with Crippen molar-refractivity contribution in [2.75, 3.05) is 25.8 Å². The van der Waals surface area contributed by atoms with E-state index in [1.54, 1.807) is 4.57 Å². The van der Waals surface area contributed by atoms with Crippen molar-refractivity contribution in [2.45, 2.75) is 24.9 Å². The van der Waals surface area contributed by atoms with Crippen LogP contribution in [0.15, 0.2) is 12.7 Å². The molecular formula is C12H18N5O6P. The van der Waals surface area contributed by atoms with Gasteiger partial charge in [-0.3, -0.25) is 9.13 Å². The second-order valence-corrected chi connectivity index (χ2v) is 7.16. The third kappa shape index (κ3) is 3.41. The van der Waals surface area contributed by atoms with E-state index in [4.69, 9.17) is 15.0 Å². The first-order valence-electron chi connectivity index (χ1n) is 7.13. The molecule has 0 bridgehead atoms. The Labute approximate surface area is 136 Å². The number of hydrogen-bond donors (Lipinski definition) is 3. The van der Waals surface area contributed by atoms with E-state index in [0.717, 1.165) is 0 Å². The van der Waals surface area contributed by atoms with Crippen LogP contribution in [0.4, 0.5) is 5.82 Å². The van der Waals surface area contributed by atoms with Gasteiger partial charge in [0.15, 0.2) is 11.5 Å². The second-order valence-electron chi connectivity index (χ2n) is 5.37. The van der Waals surface area contributed by atoms with E-state index in [1.807, 2.05) is 0 Å². The highest BCUT2D eigenvalue weighted by Gasteiger charge is 2.37. The Bertz CT molecular complexity index is 769. The number of hydrogen-bond acceptors (Lipinski definition) is 9. The molecule has 0 saturated carbocycles. The molecule has 1 unspecified atom stereocenters. The number of aliphatic hydroxyl groups excluding tert-OH is 1. The van der Waals surface area contributed by atoms with Gasteiger partial charge in [-0.25, -0.2) is 15.0 Å². The smallest absolute Gasteiger partial charge is 0.353 e. The van der Waals surface area contributed by atoms with Gasteiger partial charge in [0.25, 0.3) is 0 Å². The predicted octanol–water partition coefficient (Wildman–Crippen LogP) is -0.137. The third-order valence-corrected chi connectivity index (χ3v) is 4.77. The van der Waals surface area contributed by atoms with E-state index < -0.39 is 32.4 Å². The molecular weight excluding hydrogens is 341 g/mol. The predicted molar refractivity (Wildman–Crippen MR) is 81.9 cm³/mol. The lowest BCUT2D eigenvalue weighted by molar-refractivity contribution is -0.0404. The summed E-state index contributed by atoms with van der Waals surface area (Å²) in [7, 11) is -2.57. The number of methoxy groups -OCH3 is 1. The van der Waals surface area contributed by atoms with Crippen LogP contribution in [0.25, 0.3) is 11.2 Å². The summed E-state index contributed by atoms with van der Waals surface area (Å²) < 4.78 is 28.5. The van der Waals surface area contributed by atoms with Crippen LogP contribution in [0.1, 0.15) is 12.6 Å². The van der Waals surface area contributed by atoms with Gasteiger partial charge >= 0.3 is 7.60 Å². The van der Waals surface area contributed by atoms with E-state index in [2.05, 4.69) is 19.7 Å². The molecule has 1 aliphatic heterocycles. The topological polar surface area (TPSA) is 155 Å². The highest BCUT2D eigenvalue weighted by atomic mass is 31.2. The highest BCUT2D eigenvalue weighted by molar-refractivity contribution is 7.52. The van der Waals surface area contributed by atoms with E-state index in [-0.39, 0.29) is 18.8 Å². The number of imidazole rings is 1. The van der Waals surface area contributed by atoms with Crippen molar-refractivity contribution < 1.29 is 28.6 Å². The van der Waals surface area contributed by atoms with Gasteiger partial charge in [0.1, 0.15) is 30.5 Å². The van der Waals surface area contributed by atoms with Gasteiger partial charge in [0.05, 0.1) is 19.0 Å². The zero-order valence-electron chi connectivity index (χ0n) is 12.8. The summed E-state index contributed by atoms with van der Waals surface area (Å²) >= 11 is 0. The van der Waals surface area contributed by atoms with E-state index in [1.165, 1.54) is 19.8 Å². The Kier molecular flexibility index (Phi) is 4.81. The fourth-order valence-electron chi connectivity index (χ4n) is 2.51. The van der Waals surface area contributed by atoms with Crippen LogP contribution in [-0.2, 0) is 18.6 Å². The van der Waals surface area contributed by atoms with E-state index >= 15 is 0 Å². The number of aromatic nitrogens is 4. The number of anilines is 1. The molecule has 0 aliphatic carbocycles. The summed E-state index contributed by atoms with van der Waals surface area (Å²) in [4.78, 5) is 21.6. The molecule has 11 nitrogen and oxygen atoms in total. The average Bonchev–Trinajstić information content (AvgIpc) is 3.09. The first-order chi connectivity index (χ1) is 11.4. The van der Waals surface area contributed by atoms with Crippen LogP contribution in [-0.4, -0.2) is 61.8 Å². The number of nitrogens with two attached hydrogens (primary N) is 1. The molecule has 2 aromatic heterocycles. The Morgan fingerprint density at radius 3 is 3.04 bits per heavy atom. The standard InChI is InChI=1S/C12H18N5O6P/c1-21-6-24(19,20)22-3-8-7(18)2-9(23-8)17-5-16-10-11(13)14-4-15-12(10)17/h4-5,7-9,18H,2-3,6H2,1H3,(H,19,20)(H2,13,14,15)/t7-,8+,9+/m0/s1. The first kappa shape index (κ1) is 17.2. The largest absolute Gasteiger partial charge is 0.390 e. The molecule has 3 rings (SSSR count). The van der Waals surface area contributed by atoms with Crippen molar-refractivity contribution in [1.29, 1.82) is 0 Å². The number of fused-ring (bicyclic) bond motifs is 1. The van der Waals surface area contributed by atoms with Gasteiger partial charge in [-0.2, -0.15) is 0 Å². The molecule has 3 heterocycles.